The smallest absolute Gasteiger partial charge is 0.318 e. The average Bonchev–Trinajstić information content (AvgIpc) is 3.37. The zero-order valence-electron chi connectivity index (χ0n) is 20.9. The molecule has 0 radical (unpaired) electrons. The monoisotopic (exact) mass is 481 g/mol. The van der Waals surface area contributed by atoms with Gasteiger partial charge in [-0.15, -0.1) is 0 Å². The minimum Gasteiger partial charge on any atom is -0.338 e. The van der Waals surface area contributed by atoms with Crippen LogP contribution in [0, 0.1) is 0 Å². The lowest BCUT2D eigenvalue weighted by Crippen LogP contribution is -2.59. The van der Waals surface area contributed by atoms with Gasteiger partial charge < -0.3 is 20.0 Å². The SMILES string of the molecule is CN1CCC(N2CCN(C(=O)C(Cc3ccc4[nH]ncc4c3)NC(=O)N3CCCCC3)CC2)CC1. The number of aromatic nitrogens is 2. The van der Waals surface area contributed by atoms with Crippen molar-refractivity contribution >= 4 is 22.8 Å². The van der Waals surface area contributed by atoms with Crippen LogP contribution in [0.3, 0.4) is 0 Å². The molecular weight excluding hydrogens is 442 g/mol. The lowest BCUT2D eigenvalue weighted by molar-refractivity contribution is -0.135. The number of aromatic amines is 1. The van der Waals surface area contributed by atoms with Crippen LogP contribution in [0.25, 0.3) is 10.9 Å². The molecule has 0 bridgehead atoms. The number of carbonyl (C=O) groups excluding carboxylic acids is 2. The lowest BCUT2D eigenvalue weighted by atomic mass is 10.0. The molecule has 3 amide bonds. The van der Waals surface area contributed by atoms with E-state index in [1.165, 1.54) is 19.3 Å². The van der Waals surface area contributed by atoms with E-state index in [4.69, 9.17) is 0 Å². The molecule has 9 nitrogen and oxygen atoms in total. The Hall–Kier alpha value is -2.65. The number of benzene rings is 1. The summed E-state index contributed by atoms with van der Waals surface area (Å²) in [4.78, 5) is 35.5. The Bertz CT molecular complexity index is 1000. The highest BCUT2D eigenvalue weighted by atomic mass is 16.2. The van der Waals surface area contributed by atoms with Gasteiger partial charge >= 0.3 is 6.03 Å². The molecule has 2 N–H and O–H groups in total. The summed E-state index contributed by atoms with van der Waals surface area (Å²) in [7, 11) is 2.19. The summed E-state index contributed by atoms with van der Waals surface area (Å²) in [6.07, 6.45) is 7.91. The van der Waals surface area contributed by atoms with E-state index >= 15 is 0 Å². The van der Waals surface area contributed by atoms with Crippen molar-refractivity contribution < 1.29 is 9.59 Å². The molecular formula is C26H39N7O2. The van der Waals surface area contributed by atoms with E-state index in [1.807, 2.05) is 21.9 Å². The number of urea groups is 1. The minimum absolute atomic E-state index is 0.0330. The van der Waals surface area contributed by atoms with E-state index < -0.39 is 6.04 Å². The third kappa shape index (κ3) is 5.78. The zero-order valence-corrected chi connectivity index (χ0v) is 20.9. The number of rotatable bonds is 5. The Morgan fingerprint density at radius 3 is 2.49 bits per heavy atom. The second kappa shape index (κ2) is 11.0. The van der Waals surface area contributed by atoms with Gasteiger partial charge in [-0.2, -0.15) is 5.10 Å². The van der Waals surface area contributed by atoms with Gasteiger partial charge in [0.25, 0.3) is 0 Å². The first-order chi connectivity index (χ1) is 17.1. The van der Waals surface area contributed by atoms with Gasteiger partial charge in [-0.1, -0.05) is 6.07 Å². The van der Waals surface area contributed by atoms with Crippen molar-refractivity contribution in [1.29, 1.82) is 0 Å². The molecule has 5 rings (SSSR count). The number of likely N-dealkylation sites (tertiary alicyclic amines) is 2. The number of fused-ring (bicyclic) bond motifs is 1. The van der Waals surface area contributed by atoms with Crippen LogP contribution in [0.5, 0.6) is 0 Å². The average molecular weight is 482 g/mol. The molecule has 2 aromatic rings. The maximum Gasteiger partial charge on any atom is 0.318 e. The number of amides is 3. The molecule has 9 heteroatoms. The van der Waals surface area contributed by atoms with Crippen molar-refractivity contribution in [3.05, 3.63) is 30.0 Å². The molecule has 1 aromatic carbocycles. The highest BCUT2D eigenvalue weighted by Gasteiger charge is 2.32. The van der Waals surface area contributed by atoms with E-state index in [0.717, 1.165) is 81.7 Å². The fraction of sp³-hybridized carbons (Fsp3) is 0.654. The Labute approximate surface area is 207 Å². The first kappa shape index (κ1) is 24.1. The highest BCUT2D eigenvalue weighted by molar-refractivity contribution is 5.88. The largest absolute Gasteiger partial charge is 0.338 e. The molecule has 1 unspecified atom stereocenters. The molecule has 1 aromatic heterocycles. The molecule has 3 aliphatic rings. The molecule has 0 spiro atoms. The number of carbonyl (C=O) groups is 2. The Morgan fingerprint density at radius 1 is 1.00 bits per heavy atom. The van der Waals surface area contributed by atoms with Gasteiger partial charge in [-0.05, 0) is 69.9 Å². The third-order valence-corrected chi connectivity index (χ3v) is 8.01. The summed E-state index contributed by atoms with van der Waals surface area (Å²) < 4.78 is 0. The van der Waals surface area contributed by atoms with E-state index in [-0.39, 0.29) is 11.9 Å². The molecule has 0 aliphatic carbocycles. The molecule has 3 fully saturated rings. The van der Waals surface area contributed by atoms with Crippen molar-refractivity contribution in [3.63, 3.8) is 0 Å². The van der Waals surface area contributed by atoms with Crippen LogP contribution >= 0.6 is 0 Å². The van der Waals surface area contributed by atoms with Crippen LogP contribution in [0.1, 0.15) is 37.7 Å². The molecule has 3 saturated heterocycles. The van der Waals surface area contributed by atoms with Crippen molar-refractivity contribution in [2.24, 2.45) is 0 Å². The van der Waals surface area contributed by atoms with Gasteiger partial charge in [0.05, 0.1) is 11.7 Å². The van der Waals surface area contributed by atoms with Gasteiger partial charge in [0.1, 0.15) is 6.04 Å². The van der Waals surface area contributed by atoms with Crippen molar-refractivity contribution in [1.82, 2.24) is 35.1 Å². The van der Waals surface area contributed by atoms with Crippen LogP contribution in [0.2, 0.25) is 0 Å². The Balaban J connectivity index is 1.25. The maximum atomic E-state index is 13.7. The van der Waals surface area contributed by atoms with E-state index in [1.54, 1.807) is 6.20 Å². The second-order valence-corrected chi connectivity index (χ2v) is 10.4. The van der Waals surface area contributed by atoms with Crippen LogP contribution < -0.4 is 5.32 Å². The summed E-state index contributed by atoms with van der Waals surface area (Å²) in [5, 5.41) is 11.2. The summed E-state index contributed by atoms with van der Waals surface area (Å²) in [5.74, 6) is 0.0330. The normalized spacial score (nSPS) is 21.9. The summed E-state index contributed by atoms with van der Waals surface area (Å²) in [5.41, 5.74) is 2.00. The topological polar surface area (TPSA) is 87.8 Å². The highest BCUT2D eigenvalue weighted by Crippen LogP contribution is 2.19. The quantitative estimate of drug-likeness (QED) is 0.681. The van der Waals surface area contributed by atoms with Crippen molar-refractivity contribution in [2.45, 2.75) is 50.6 Å². The number of hydrogen-bond acceptors (Lipinski definition) is 5. The molecule has 4 heterocycles. The van der Waals surface area contributed by atoms with E-state index in [9.17, 15) is 9.59 Å². The second-order valence-electron chi connectivity index (χ2n) is 10.4. The molecule has 3 aliphatic heterocycles. The van der Waals surface area contributed by atoms with Crippen LogP contribution in [0.15, 0.2) is 24.4 Å². The molecule has 0 saturated carbocycles. The van der Waals surface area contributed by atoms with Crippen LogP contribution in [-0.4, -0.2) is 113 Å². The lowest BCUT2D eigenvalue weighted by Gasteiger charge is -2.43. The number of H-pyrrole nitrogens is 1. The summed E-state index contributed by atoms with van der Waals surface area (Å²) in [6, 6.07) is 6.02. The van der Waals surface area contributed by atoms with Gasteiger partial charge in [-0.3, -0.25) is 14.8 Å². The summed E-state index contributed by atoms with van der Waals surface area (Å²) >= 11 is 0. The van der Waals surface area contributed by atoms with Crippen LogP contribution in [0.4, 0.5) is 4.79 Å². The van der Waals surface area contributed by atoms with Gasteiger partial charge in [0, 0.05) is 57.1 Å². The third-order valence-electron chi connectivity index (χ3n) is 8.01. The fourth-order valence-electron chi connectivity index (χ4n) is 5.78. The predicted molar refractivity (Wildman–Crippen MR) is 136 cm³/mol. The van der Waals surface area contributed by atoms with Gasteiger partial charge in [-0.25, -0.2) is 4.79 Å². The number of piperazine rings is 1. The molecule has 190 valence electrons. The predicted octanol–water partition coefficient (Wildman–Crippen LogP) is 1.91. The number of nitrogens with one attached hydrogen (secondary N) is 2. The van der Waals surface area contributed by atoms with Crippen molar-refractivity contribution in [2.75, 3.05) is 59.4 Å². The first-order valence-corrected chi connectivity index (χ1v) is 13.3. The molecule has 1 atom stereocenters. The standard InChI is InChI=1S/C26H39N7O2/c1-30-11-7-22(8-12-30)31-13-15-32(16-14-31)25(34)24(28-26(35)33-9-3-2-4-10-33)18-20-5-6-23-21(17-20)19-27-29-23/h5-6,17,19,22,24H,2-4,7-16,18H2,1H3,(H,27,29)(H,28,35). The minimum atomic E-state index is -0.566. The van der Waals surface area contributed by atoms with E-state index in [0.29, 0.717) is 12.5 Å². The Kier molecular flexibility index (Phi) is 7.53. The molecule has 35 heavy (non-hydrogen) atoms. The maximum absolute atomic E-state index is 13.7. The zero-order chi connectivity index (χ0) is 24.2. The number of nitrogens with zero attached hydrogens (tertiary/aromatic N) is 5. The number of piperidine rings is 2. The Morgan fingerprint density at radius 2 is 1.74 bits per heavy atom. The van der Waals surface area contributed by atoms with Crippen LogP contribution in [-0.2, 0) is 11.2 Å². The van der Waals surface area contributed by atoms with Gasteiger partial charge in [0.15, 0.2) is 0 Å². The number of hydrogen-bond donors (Lipinski definition) is 2. The van der Waals surface area contributed by atoms with E-state index in [2.05, 4.69) is 38.4 Å². The van der Waals surface area contributed by atoms with Crippen molar-refractivity contribution in [3.8, 4) is 0 Å². The summed E-state index contributed by atoms with van der Waals surface area (Å²) in [6.45, 7) is 7.10. The van der Waals surface area contributed by atoms with Gasteiger partial charge in [0.2, 0.25) is 5.91 Å². The first-order valence-electron chi connectivity index (χ1n) is 13.3. The fourth-order valence-corrected chi connectivity index (χ4v) is 5.78.